The van der Waals surface area contributed by atoms with Gasteiger partial charge in [-0.1, -0.05) is 6.07 Å². The quantitative estimate of drug-likeness (QED) is 0.331. The highest BCUT2D eigenvalue weighted by molar-refractivity contribution is 6.19. The standard InChI is InChI=1S/C10H8N6O5/c17-7(5-3-1-2-4-11-5)14-15-10-12-8(18)6(16(20)21)9(19)13-10/h1-4,6H,(H,14,17)(H2,12,13,15,18,19). The SMILES string of the molecule is O=C(NN=C1NC(=O)C([N+](=O)[O-])C(=O)N1)c1ccccn1. The van der Waals surface area contributed by atoms with E-state index in [0.29, 0.717) is 0 Å². The minimum atomic E-state index is -2.05. The molecule has 3 amide bonds. The Kier molecular flexibility index (Phi) is 3.83. The van der Waals surface area contributed by atoms with Gasteiger partial charge in [0.05, 0.1) is 0 Å². The van der Waals surface area contributed by atoms with Crippen LogP contribution in [0.4, 0.5) is 0 Å². The molecule has 21 heavy (non-hydrogen) atoms. The molecule has 1 aliphatic rings. The van der Waals surface area contributed by atoms with Crippen molar-refractivity contribution in [2.24, 2.45) is 5.10 Å². The van der Waals surface area contributed by atoms with Crippen LogP contribution in [0.5, 0.6) is 0 Å². The number of carbonyl (C=O) groups excluding carboxylic acids is 3. The molecular weight excluding hydrogens is 284 g/mol. The molecule has 11 nitrogen and oxygen atoms in total. The number of rotatable bonds is 3. The second-order valence-electron chi connectivity index (χ2n) is 3.78. The van der Waals surface area contributed by atoms with Gasteiger partial charge in [0.2, 0.25) is 5.96 Å². The van der Waals surface area contributed by atoms with Gasteiger partial charge in [-0.2, -0.15) is 0 Å². The zero-order valence-electron chi connectivity index (χ0n) is 10.3. The van der Waals surface area contributed by atoms with Crippen LogP contribution in [0.3, 0.4) is 0 Å². The van der Waals surface area contributed by atoms with Crippen LogP contribution >= 0.6 is 0 Å². The number of guanidine groups is 1. The van der Waals surface area contributed by atoms with E-state index in [2.05, 4.69) is 10.1 Å². The fraction of sp³-hybridized carbons (Fsp3) is 0.100. The lowest BCUT2D eigenvalue weighted by Crippen LogP contribution is -2.62. The second kappa shape index (κ2) is 5.73. The number of aromatic nitrogens is 1. The molecule has 0 bridgehead atoms. The Hall–Kier alpha value is -3.37. The molecule has 0 saturated carbocycles. The maximum atomic E-state index is 11.6. The summed E-state index contributed by atoms with van der Waals surface area (Å²) in [5, 5.41) is 17.9. The number of nitrogens with zero attached hydrogens (tertiary/aromatic N) is 3. The summed E-state index contributed by atoms with van der Waals surface area (Å²) in [6.45, 7) is 0. The van der Waals surface area contributed by atoms with Crippen molar-refractivity contribution in [2.75, 3.05) is 0 Å². The smallest absolute Gasteiger partial charge is 0.288 e. The molecule has 108 valence electrons. The van der Waals surface area contributed by atoms with E-state index in [1.165, 1.54) is 12.3 Å². The van der Waals surface area contributed by atoms with Gasteiger partial charge in [-0.15, -0.1) is 5.10 Å². The van der Waals surface area contributed by atoms with E-state index in [0.717, 1.165) is 0 Å². The molecule has 0 aliphatic carbocycles. The minimum absolute atomic E-state index is 0.0680. The van der Waals surface area contributed by atoms with Gasteiger partial charge in [-0.05, 0) is 12.1 Å². The highest BCUT2D eigenvalue weighted by atomic mass is 16.6. The molecule has 2 heterocycles. The molecule has 0 atom stereocenters. The average molecular weight is 292 g/mol. The maximum Gasteiger partial charge on any atom is 0.366 e. The van der Waals surface area contributed by atoms with E-state index < -0.39 is 34.6 Å². The van der Waals surface area contributed by atoms with Gasteiger partial charge in [0.15, 0.2) is 0 Å². The largest absolute Gasteiger partial charge is 0.366 e. The molecule has 3 N–H and O–H groups in total. The van der Waals surface area contributed by atoms with Crippen molar-refractivity contribution in [3.8, 4) is 0 Å². The van der Waals surface area contributed by atoms with Crippen molar-refractivity contribution in [1.29, 1.82) is 0 Å². The fourth-order valence-electron chi connectivity index (χ4n) is 1.43. The second-order valence-corrected chi connectivity index (χ2v) is 3.78. The summed E-state index contributed by atoms with van der Waals surface area (Å²) in [5.74, 6) is -3.38. The van der Waals surface area contributed by atoms with Gasteiger partial charge in [-0.25, -0.2) is 5.43 Å². The van der Waals surface area contributed by atoms with Crippen LogP contribution in [-0.4, -0.2) is 39.6 Å². The number of carbonyl (C=O) groups is 3. The van der Waals surface area contributed by atoms with Crippen molar-refractivity contribution < 1.29 is 19.3 Å². The number of pyridine rings is 1. The van der Waals surface area contributed by atoms with Crippen molar-refractivity contribution in [3.05, 3.63) is 40.2 Å². The third kappa shape index (κ3) is 3.15. The number of hydrazone groups is 1. The molecule has 1 fully saturated rings. The molecule has 1 aliphatic heterocycles. The molecule has 1 aromatic heterocycles. The number of hydrogen-bond donors (Lipinski definition) is 3. The van der Waals surface area contributed by atoms with Gasteiger partial charge in [-0.3, -0.25) is 40.1 Å². The lowest BCUT2D eigenvalue weighted by Gasteiger charge is -2.17. The first-order valence-corrected chi connectivity index (χ1v) is 5.53. The number of amides is 3. The van der Waals surface area contributed by atoms with Gasteiger partial charge in [0.25, 0.3) is 5.91 Å². The van der Waals surface area contributed by atoms with Gasteiger partial charge in [0.1, 0.15) is 5.69 Å². The Labute approximate surface area is 116 Å². The van der Waals surface area contributed by atoms with Crippen LogP contribution in [0.15, 0.2) is 29.5 Å². The van der Waals surface area contributed by atoms with Crippen molar-refractivity contribution in [1.82, 2.24) is 21.0 Å². The Morgan fingerprint density at radius 2 is 2.00 bits per heavy atom. The summed E-state index contributed by atoms with van der Waals surface area (Å²) < 4.78 is 0. The highest BCUT2D eigenvalue weighted by Crippen LogP contribution is 1.97. The summed E-state index contributed by atoms with van der Waals surface area (Å²) in [6, 6.07) is 2.58. The Bertz CT molecular complexity index is 623. The summed E-state index contributed by atoms with van der Waals surface area (Å²) in [4.78, 5) is 47.5. The number of nitro groups is 1. The summed E-state index contributed by atoms with van der Waals surface area (Å²) in [5.41, 5.74) is 2.11. The molecule has 1 saturated heterocycles. The Morgan fingerprint density at radius 3 is 2.52 bits per heavy atom. The third-order valence-electron chi connectivity index (χ3n) is 2.36. The lowest BCUT2D eigenvalue weighted by molar-refractivity contribution is -0.494. The first-order chi connectivity index (χ1) is 9.99. The van der Waals surface area contributed by atoms with E-state index in [9.17, 15) is 24.5 Å². The average Bonchev–Trinajstić information content (AvgIpc) is 2.44. The Balaban J connectivity index is 2.04. The zero-order chi connectivity index (χ0) is 15.4. The van der Waals surface area contributed by atoms with Crippen molar-refractivity contribution in [2.45, 2.75) is 6.04 Å². The first-order valence-electron chi connectivity index (χ1n) is 5.53. The molecule has 2 rings (SSSR count). The van der Waals surface area contributed by atoms with E-state index in [1.54, 1.807) is 12.1 Å². The highest BCUT2D eigenvalue weighted by Gasteiger charge is 2.43. The van der Waals surface area contributed by atoms with Crippen LogP contribution in [0, 0.1) is 10.1 Å². The predicted molar refractivity (Wildman–Crippen MR) is 66.2 cm³/mol. The van der Waals surface area contributed by atoms with Crippen LogP contribution in [0.2, 0.25) is 0 Å². The molecular formula is C10H8N6O5. The molecule has 1 aromatic rings. The monoisotopic (exact) mass is 292 g/mol. The normalized spacial score (nSPS) is 17.5. The summed E-state index contributed by atoms with van der Waals surface area (Å²) >= 11 is 0. The molecule has 11 heteroatoms. The van der Waals surface area contributed by atoms with Gasteiger partial charge in [0, 0.05) is 11.1 Å². The van der Waals surface area contributed by atoms with E-state index in [-0.39, 0.29) is 5.69 Å². The molecule has 0 unspecified atom stereocenters. The minimum Gasteiger partial charge on any atom is -0.288 e. The first kappa shape index (κ1) is 14.0. The maximum absolute atomic E-state index is 11.6. The van der Waals surface area contributed by atoms with Crippen LogP contribution in [0.1, 0.15) is 10.5 Å². The van der Waals surface area contributed by atoms with Crippen LogP contribution in [-0.2, 0) is 9.59 Å². The molecule has 0 spiro atoms. The number of nitrogens with one attached hydrogen (secondary N) is 3. The van der Waals surface area contributed by atoms with Gasteiger partial charge >= 0.3 is 17.9 Å². The zero-order valence-corrected chi connectivity index (χ0v) is 10.3. The topological polar surface area (TPSA) is 156 Å². The fourth-order valence-corrected chi connectivity index (χ4v) is 1.43. The van der Waals surface area contributed by atoms with E-state index in [1.807, 2.05) is 16.1 Å². The van der Waals surface area contributed by atoms with Crippen molar-refractivity contribution in [3.63, 3.8) is 0 Å². The van der Waals surface area contributed by atoms with E-state index >= 15 is 0 Å². The summed E-state index contributed by atoms with van der Waals surface area (Å²) in [7, 11) is 0. The third-order valence-corrected chi connectivity index (χ3v) is 2.36. The van der Waals surface area contributed by atoms with Gasteiger partial charge < -0.3 is 0 Å². The molecule has 0 aromatic carbocycles. The number of hydrogen-bond acceptors (Lipinski definition) is 7. The van der Waals surface area contributed by atoms with Crippen LogP contribution in [0.25, 0.3) is 0 Å². The lowest BCUT2D eigenvalue weighted by atomic mass is 10.2. The molecule has 0 radical (unpaired) electrons. The van der Waals surface area contributed by atoms with Crippen LogP contribution < -0.4 is 16.1 Å². The Morgan fingerprint density at radius 1 is 1.33 bits per heavy atom. The predicted octanol–water partition coefficient (Wildman–Crippen LogP) is -2.03. The summed E-state index contributed by atoms with van der Waals surface area (Å²) in [6.07, 6.45) is 1.40. The van der Waals surface area contributed by atoms with E-state index in [4.69, 9.17) is 0 Å². The van der Waals surface area contributed by atoms with Crippen molar-refractivity contribution >= 4 is 23.7 Å².